The first-order valence-corrected chi connectivity index (χ1v) is 7.55. The van der Waals surface area contributed by atoms with Crippen LogP contribution in [-0.2, 0) is 6.54 Å². The van der Waals surface area contributed by atoms with E-state index in [9.17, 15) is 4.79 Å². The molecule has 2 aromatic carbocycles. The number of benzene rings is 2. The van der Waals surface area contributed by atoms with Gasteiger partial charge in [0.1, 0.15) is 0 Å². The van der Waals surface area contributed by atoms with Crippen molar-refractivity contribution in [3.05, 3.63) is 59.1 Å². The first kappa shape index (κ1) is 13.9. The average Bonchev–Trinajstić information content (AvgIpc) is 2.87. The maximum absolute atomic E-state index is 11.9. The molecule has 3 rings (SSSR count). The summed E-state index contributed by atoms with van der Waals surface area (Å²) in [4.78, 5) is 16.2. The van der Waals surface area contributed by atoms with Crippen molar-refractivity contribution in [2.75, 3.05) is 5.32 Å². The minimum atomic E-state index is -0.283. The van der Waals surface area contributed by atoms with Gasteiger partial charge in [-0.25, -0.2) is 9.78 Å². The standard InChI is InChI=1S/C15H12ClN3OS/c16-11-5-3-4-10(8-11)9-17-14(20)19-15-18-12-6-1-2-7-13(12)21-15/h1-8H,9H2,(H2,17,18,19,20). The number of urea groups is 1. The van der Waals surface area contributed by atoms with Gasteiger partial charge in [-0.15, -0.1) is 0 Å². The Morgan fingerprint density at radius 3 is 2.86 bits per heavy atom. The van der Waals surface area contributed by atoms with Gasteiger partial charge in [0.15, 0.2) is 5.13 Å². The lowest BCUT2D eigenvalue weighted by Crippen LogP contribution is -2.28. The Labute approximate surface area is 130 Å². The molecule has 0 fully saturated rings. The SMILES string of the molecule is O=C(NCc1cccc(Cl)c1)Nc1nc2ccccc2s1. The average molecular weight is 318 g/mol. The number of para-hydroxylation sites is 1. The van der Waals surface area contributed by atoms with Crippen molar-refractivity contribution in [3.63, 3.8) is 0 Å². The van der Waals surface area contributed by atoms with Crippen LogP contribution in [0.5, 0.6) is 0 Å². The zero-order chi connectivity index (χ0) is 14.7. The van der Waals surface area contributed by atoms with Crippen molar-refractivity contribution < 1.29 is 4.79 Å². The first-order chi connectivity index (χ1) is 10.2. The molecule has 0 atom stereocenters. The number of fused-ring (bicyclic) bond motifs is 1. The molecular weight excluding hydrogens is 306 g/mol. The molecule has 1 aromatic heterocycles. The Hall–Kier alpha value is -2.11. The molecular formula is C15H12ClN3OS. The summed E-state index contributed by atoms with van der Waals surface area (Å²) in [6, 6.07) is 14.9. The highest BCUT2D eigenvalue weighted by Gasteiger charge is 2.07. The minimum absolute atomic E-state index is 0.283. The van der Waals surface area contributed by atoms with Gasteiger partial charge in [-0.3, -0.25) is 5.32 Å². The number of halogens is 1. The number of nitrogens with one attached hydrogen (secondary N) is 2. The lowest BCUT2D eigenvalue weighted by molar-refractivity contribution is 0.251. The largest absolute Gasteiger partial charge is 0.334 e. The quantitative estimate of drug-likeness (QED) is 0.758. The maximum atomic E-state index is 11.9. The molecule has 0 radical (unpaired) electrons. The van der Waals surface area contributed by atoms with E-state index >= 15 is 0 Å². The first-order valence-electron chi connectivity index (χ1n) is 6.35. The molecule has 0 spiro atoms. The predicted molar refractivity (Wildman–Crippen MR) is 86.9 cm³/mol. The Bertz CT molecular complexity index is 754. The Morgan fingerprint density at radius 1 is 1.19 bits per heavy atom. The van der Waals surface area contributed by atoms with Crippen LogP contribution in [0.1, 0.15) is 5.56 Å². The zero-order valence-corrected chi connectivity index (χ0v) is 12.5. The summed E-state index contributed by atoms with van der Waals surface area (Å²) < 4.78 is 1.04. The van der Waals surface area contributed by atoms with Crippen molar-refractivity contribution in [2.24, 2.45) is 0 Å². The topological polar surface area (TPSA) is 54.0 Å². The number of carbonyl (C=O) groups excluding carboxylic acids is 1. The zero-order valence-electron chi connectivity index (χ0n) is 11.0. The summed E-state index contributed by atoms with van der Waals surface area (Å²) >= 11 is 7.34. The third kappa shape index (κ3) is 3.51. The highest BCUT2D eigenvalue weighted by atomic mass is 35.5. The minimum Gasteiger partial charge on any atom is -0.334 e. The smallest absolute Gasteiger partial charge is 0.321 e. The van der Waals surface area contributed by atoms with Gasteiger partial charge in [0.05, 0.1) is 10.2 Å². The van der Waals surface area contributed by atoms with Crippen molar-refractivity contribution >= 4 is 44.3 Å². The molecule has 0 bridgehead atoms. The van der Waals surface area contributed by atoms with Crippen LogP contribution >= 0.6 is 22.9 Å². The van der Waals surface area contributed by atoms with Crippen LogP contribution in [0.25, 0.3) is 10.2 Å². The molecule has 4 nitrogen and oxygen atoms in total. The van der Waals surface area contributed by atoms with Gasteiger partial charge in [0, 0.05) is 11.6 Å². The highest BCUT2D eigenvalue weighted by molar-refractivity contribution is 7.22. The molecule has 2 N–H and O–H groups in total. The van der Waals surface area contributed by atoms with Crippen molar-refractivity contribution in [2.45, 2.75) is 6.54 Å². The Kier molecular flexibility index (Phi) is 4.03. The normalized spacial score (nSPS) is 10.5. The molecule has 3 aromatic rings. The number of rotatable bonds is 3. The number of hydrogen-bond acceptors (Lipinski definition) is 3. The van der Waals surface area contributed by atoms with E-state index < -0.39 is 0 Å². The van der Waals surface area contributed by atoms with E-state index in [1.54, 1.807) is 6.07 Å². The van der Waals surface area contributed by atoms with Crippen molar-refractivity contribution in [1.29, 1.82) is 0 Å². The molecule has 21 heavy (non-hydrogen) atoms. The summed E-state index contributed by atoms with van der Waals surface area (Å²) in [5, 5.41) is 6.75. The number of hydrogen-bond donors (Lipinski definition) is 2. The molecule has 0 saturated heterocycles. The third-order valence-electron chi connectivity index (χ3n) is 2.86. The number of amides is 2. The van der Waals surface area contributed by atoms with E-state index in [1.807, 2.05) is 42.5 Å². The number of anilines is 1. The molecule has 2 amide bonds. The van der Waals surface area contributed by atoms with E-state index in [-0.39, 0.29) is 6.03 Å². The van der Waals surface area contributed by atoms with E-state index in [0.717, 1.165) is 15.8 Å². The van der Waals surface area contributed by atoms with Crippen LogP contribution < -0.4 is 10.6 Å². The summed E-state index contributed by atoms with van der Waals surface area (Å²) in [5.74, 6) is 0. The lowest BCUT2D eigenvalue weighted by Gasteiger charge is -2.05. The van der Waals surface area contributed by atoms with Gasteiger partial charge in [-0.2, -0.15) is 0 Å². The molecule has 0 aliphatic carbocycles. The molecule has 0 unspecified atom stereocenters. The summed E-state index contributed by atoms with van der Waals surface area (Å²) in [5.41, 5.74) is 1.83. The third-order valence-corrected chi connectivity index (χ3v) is 4.04. The van der Waals surface area contributed by atoms with Crippen LogP contribution in [0, 0.1) is 0 Å². The number of aromatic nitrogens is 1. The van der Waals surface area contributed by atoms with Gasteiger partial charge in [-0.05, 0) is 29.8 Å². The van der Waals surface area contributed by atoms with Crippen LogP contribution in [0.15, 0.2) is 48.5 Å². The van der Waals surface area contributed by atoms with Gasteiger partial charge in [0.25, 0.3) is 0 Å². The second-order valence-corrected chi connectivity index (χ2v) is 5.89. The summed E-state index contributed by atoms with van der Waals surface area (Å²) in [7, 11) is 0. The van der Waals surface area contributed by atoms with Crippen LogP contribution in [0.2, 0.25) is 5.02 Å². The van der Waals surface area contributed by atoms with Crippen LogP contribution in [-0.4, -0.2) is 11.0 Å². The van der Waals surface area contributed by atoms with Gasteiger partial charge < -0.3 is 5.32 Å². The van der Waals surface area contributed by atoms with Crippen molar-refractivity contribution in [3.8, 4) is 0 Å². The Balaban J connectivity index is 1.61. The Morgan fingerprint density at radius 2 is 2.05 bits per heavy atom. The second kappa shape index (κ2) is 6.11. The van der Waals surface area contributed by atoms with Gasteiger partial charge >= 0.3 is 6.03 Å². The monoisotopic (exact) mass is 317 g/mol. The fourth-order valence-electron chi connectivity index (χ4n) is 1.90. The maximum Gasteiger partial charge on any atom is 0.321 e. The molecule has 0 saturated carbocycles. The van der Waals surface area contributed by atoms with E-state index in [1.165, 1.54) is 11.3 Å². The fourth-order valence-corrected chi connectivity index (χ4v) is 2.97. The number of carbonyl (C=O) groups is 1. The van der Waals surface area contributed by atoms with Gasteiger partial charge in [-0.1, -0.05) is 47.2 Å². The van der Waals surface area contributed by atoms with E-state index in [0.29, 0.717) is 16.7 Å². The lowest BCUT2D eigenvalue weighted by atomic mass is 10.2. The molecule has 0 aliphatic heterocycles. The molecule has 6 heteroatoms. The summed E-state index contributed by atoms with van der Waals surface area (Å²) in [6.07, 6.45) is 0. The van der Waals surface area contributed by atoms with E-state index in [4.69, 9.17) is 11.6 Å². The molecule has 1 heterocycles. The van der Waals surface area contributed by atoms with Crippen molar-refractivity contribution in [1.82, 2.24) is 10.3 Å². The van der Waals surface area contributed by atoms with Gasteiger partial charge in [0.2, 0.25) is 0 Å². The van der Waals surface area contributed by atoms with E-state index in [2.05, 4.69) is 15.6 Å². The van der Waals surface area contributed by atoms with Crippen LogP contribution in [0.3, 0.4) is 0 Å². The molecule has 106 valence electrons. The second-order valence-electron chi connectivity index (χ2n) is 4.42. The number of thiazole rings is 1. The number of nitrogens with zero attached hydrogens (tertiary/aromatic N) is 1. The fraction of sp³-hybridized carbons (Fsp3) is 0.0667. The van der Waals surface area contributed by atoms with Crippen LogP contribution in [0.4, 0.5) is 9.93 Å². The summed E-state index contributed by atoms with van der Waals surface area (Å²) in [6.45, 7) is 0.414. The highest BCUT2D eigenvalue weighted by Crippen LogP contribution is 2.25. The predicted octanol–water partition coefficient (Wildman–Crippen LogP) is 4.27. The molecule has 0 aliphatic rings.